The van der Waals surface area contributed by atoms with Gasteiger partial charge in [0.15, 0.2) is 6.61 Å². The smallest absolute Gasteiger partial charge is 0.258 e. The van der Waals surface area contributed by atoms with Gasteiger partial charge in [0, 0.05) is 11.1 Å². The van der Waals surface area contributed by atoms with E-state index >= 15 is 0 Å². The van der Waals surface area contributed by atoms with Gasteiger partial charge < -0.3 is 20.5 Å². The third-order valence-corrected chi connectivity index (χ3v) is 6.33. The molecule has 202 valence electrons. The van der Waals surface area contributed by atoms with Gasteiger partial charge in [-0.05, 0) is 82.2 Å². The van der Waals surface area contributed by atoms with Crippen molar-refractivity contribution in [3.8, 4) is 5.75 Å². The first-order chi connectivity index (χ1) is 18.0. The third kappa shape index (κ3) is 8.73. The highest BCUT2D eigenvalue weighted by atomic mass is 16.5. The van der Waals surface area contributed by atoms with E-state index in [1.165, 1.54) is 0 Å². The predicted molar refractivity (Wildman–Crippen MR) is 151 cm³/mol. The minimum Gasteiger partial charge on any atom is -0.483 e. The second kappa shape index (κ2) is 13.2. The van der Waals surface area contributed by atoms with Gasteiger partial charge in [-0.25, -0.2) is 0 Å². The van der Waals surface area contributed by atoms with E-state index in [1.54, 1.807) is 6.07 Å². The Balaban J connectivity index is 1.69. The molecule has 2 amide bonds. The number of hydrogen-bond acceptors (Lipinski definition) is 4. The van der Waals surface area contributed by atoms with Crippen LogP contribution in [0.2, 0.25) is 0 Å². The van der Waals surface area contributed by atoms with E-state index in [1.807, 2.05) is 101 Å². The Kier molecular flexibility index (Phi) is 10.1. The van der Waals surface area contributed by atoms with Crippen molar-refractivity contribution in [1.29, 1.82) is 0 Å². The second-order valence-electron chi connectivity index (χ2n) is 10.8. The summed E-state index contributed by atoms with van der Waals surface area (Å²) in [5.74, 6) is 0.269. The number of aliphatic hydroxyl groups is 1. The van der Waals surface area contributed by atoms with Gasteiger partial charge in [0.05, 0.1) is 12.1 Å². The molecule has 0 aromatic heterocycles. The molecule has 2 atom stereocenters. The molecule has 3 aromatic rings. The lowest BCUT2D eigenvalue weighted by molar-refractivity contribution is -0.124. The van der Waals surface area contributed by atoms with Crippen molar-refractivity contribution in [2.75, 3.05) is 6.61 Å². The Morgan fingerprint density at radius 1 is 0.895 bits per heavy atom. The third-order valence-electron chi connectivity index (χ3n) is 6.33. The lowest BCUT2D eigenvalue weighted by Gasteiger charge is -2.25. The summed E-state index contributed by atoms with van der Waals surface area (Å²) in [6, 6.07) is 22.5. The van der Waals surface area contributed by atoms with Crippen LogP contribution in [0.3, 0.4) is 0 Å². The fraction of sp³-hybridized carbons (Fsp3) is 0.375. The molecule has 3 rings (SSSR count). The zero-order chi connectivity index (χ0) is 27.7. The summed E-state index contributed by atoms with van der Waals surface area (Å²) < 4.78 is 5.83. The number of rotatable bonds is 11. The van der Waals surface area contributed by atoms with Crippen molar-refractivity contribution in [2.24, 2.45) is 0 Å². The zero-order valence-electron chi connectivity index (χ0n) is 23.1. The first-order valence-electron chi connectivity index (χ1n) is 13.1. The molecule has 3 N–H and O–H groups in total. The second-order valence-corrected chi connectivity index (χ2v) is 10.8. The number of aryl methyl sites for hydroxylation is 3. The Morgan fingerprint density at radius 3 is 2.18 bits per heavy atom. The summed E-state index contributed by atoms with van der Waals surface area (Å²) in [6.45, 7) is 9.58. The van der Waals surface area contributed by atoms with Crippen LogP contribution < -0.4 is 15.4 Å². The van der Waals surface area contributed by atoms with Gasteiger partial charge in [-0.15, -0.1) is 0 Å². The maximum absolute atomic E-state index is 12.9. The highest BCUT2D eigenvalue weighted by Crippen LogP contribution is 2.22. The Bertz CT molecular complexity index is 1200. The maximum Gasteiger partial charge on any atom is 0.258 e. The fourth-order valence-corrected chi connectivity index (χ4v) is 4.44. The van der Waals surface area contributed by atoms with E-state index in [2.05, 4.69) is 10.6 Å². The average molecular weight is 517 g/mol. The summed E-state index contributed by atoms with van der Waals surface area (Å²) in [4.78, 5) is 25.7. The number of carbonyl (C=O) groups is 2. The molecule has 0 aliphatic rings. The van der Waals surface area contributed by atoms with Crippen LogP contribution in [0.4, 0.5) is 0 Å². The van der Waals surface area contributed by atoms with Crippen LogP contribution in [0.5, 0.6) is 5.75 Å². The summed E-state index contributed by atoms with van der Waals surface area (Å²) in [5, 5.41) is 17.2. The van der Waals surface area contributed by atoms with Gasteiger partial charge in [-0.2, -0.15) is 0 Å². The number of benzene rings is 3. The highest BCUT2D eigenvalue weighted by molar-refractivity contribution is 5.96. The summed E-state index contributed by atoms with van der Waals surface area (Å²) in [6.07, 6.45) is 0.534. The van der Waals surface area contributed by atoms with Gasteiger partial charge >= 0.3 is 0 Å². The molecule has 0 heterocycles. The zero-order valence-corrected chi connectivity index (χ0v) is 23.1. The Morgan fingerprint density at radius 2 is 1.53 bits per heavy atom. The number of hydrogen-bond donors (Lipinski definition) is 3. The molecular weight excluding hydrogens is 476 g/mol. The molecule has 38 heavy (non-hydrogen) atoms. The molecule has 0 unspecified atom stereocenters. The van der Waals surface area contributed by atoms with Crippen LogP contribution in [0.25, 0.3) is 0 Å². The van der Waals surface area contributed by atoms with E-state index in [9.17, 15) is 14.7 Å². The van der Waals surface area contributed by atoms with Crippen LogP contribution in [-0.4, -0.2) is 41.2 Å². The number of nitrogens with one attached hydrogen (secondary N) is 2. The molecule has 6 nitrogen and oxygen atoms in total. The molecule has 0 saturated carbocycles. The first kappa shape index (κ1) is 28.9. The standard InChI is InChI=1S/C32H40N2O4/c1-22-12-11-13-23(2)30(22)38-21-29(36)33-27(20-24-14-7-6-8-15-24)28(35)19-18-25-16-9-10-17-26(25)31(37)34-32(3,4)5/h6-17,27-28,35H,18-21H2,1-5H3,(H,33,36)(H,34,37)/t27-,28+/m0/s1. The van der Waals surface area contributed by atoms with Gasteiger partial charge in [0.25, 0.3) is 11.8 Å². The quantitative estimate of drug-likeness (QED) is 0.337. The van der Waals surface area contributed by atoms with Crippen LogP contribution in [-0.2, 0) is 17.6 Å². The normalized spacial score (nSPS) is 12.9. The lowest BCUT2D eigenvalue weighted by atomic mass is 9.94. The molecule has 0 bridgehead atoms. The van der Waals surface area contributed by atoms with Crippen molar-refractivity contribution < 1.29 is 19.4 Å². The van der Waals surface area contributed by atoms with Crippen molar-refractivity contribution in [1.82, 2.24) is 10.6 Å². The number of carbonyl (C=O) groups excluding carboxylic acids is 2. The fourth-order valence-electron chi connectivity index (χ4n) is 4.44. The average Bonchev–Trinajstić information content (AvgIpc) is 2.86. The molecule has 0 saturated heterocycles. The van der Waals surface area contributed by atoms with Gasteiger partial charge in [0.1, 0.15) is 5.75 Å². The van der Waals surface area contributed by atoms with E-state index in [0.717, 1.165) is 22.3 Å². The maximum atomic E-state index is 12.9. The van der Waals surface area contributed by atoms with Gasteiger partial charge in [0.2, 0.25) is 0 Å². The molecule has 0 aliphatic carbocycles. The molecule has 6 heteroatoms. The topological polar surface area (TPSA) is 87.7 Å². The number of aliphatic hydroxyl groups excluding tert-OH is 1. The van der Waals surface area contributed by atoms with Crippen LogP contribution in [0.15, 0.2) is 72.8 Å². The predicted octanol–water partition coefficient (Wildman–Crippen LogP) is 4.93. The summed E-state index contributed by atoms with van der Waals surface area (Å²) in [7, 11) is 0. The van der Waals surface area contributed by atoms with E-state index in [-0.39, 0.29) is 24.0 Å². The molecule has 0 spiro atoms. The van der Waals surface area contributed by atoms with E-state index < -0.39 is 12.1 Å². The van der Waals surface area contributed by atoms with Crippen LogP contribution in [0, 0.1) is 13.8 Å². The van der Waals surface area contributed by atoms with Crippen LogP contribution in [0.1, 0.15) is 59.8 Å². The molecular formula is C32H40N2O4. The Hall–Kier alpha value is -3.64. The molecule has 3 aromatic carbocycles. The van der Waals surface area contributed by atoms with Gasteiger partial charge in [-0.3, -0.25) is 9.59 Å². The Labute approximate surface area is 226 Å². The number of ether oxygens (including phenoxy) is 1. The monoisotopic (exact) mass is 516 g/mol. The largest absolute Gasteiger partial charge is 0.483 e. The summed E-state index contributed by atoms with van der Waals surface area (Å²) in [5.41, 5.74) is 4.04. The van der Waals surface area contributed by atoms with E-state index in [0.29, 0.717) is 30.6 Å². The lowest BCUT2D eigenvalue weighted by Crippen LogP contribution is -2.46. The SMILES string of the molecule is Cc1cccc(C)c1OCC(=O)N[C@@H](Cc1ccccc1)[C@H](O)CCc1ccccc1C(=O)NC(C)(C)C. The molecule has 0 aliphatic heterocycles. The molecule has 0 radical (unpaired) electrons. The minimum atomic E-state index is -0.821. The minimum absolute atomic E-state index is 0.139. The molecule has 0 fully saturated rings. The van der Waals surface area contributed by atoms with Crippen molar-refractivity contribution in [3.63, 3.8) is 0 Å². The van der Waals surface area contributed by atoms with Crippen molar-refractivity contribution in [3.05, 3.63) is 101 Å². The highest BCUT2D eigenvalue weighted by Gasteiger charge is 2.24. The van der Waals surface area contributed by atoms with Gasteiger partial charge in [-0.1, -0.05) is 66.7 Å². The summed E-state index contributed by atoms with van der Waals surface area (Å²) >= 11 is 0. The van der Waals surface area contributed by atoms with Crippen LogP contribution >= 0.6 is 0 Å². The number of para-hydroxylation sites is 1. The van der Waals surface area contributed by atoms with Crippen molar-refractivity contribution in [2.45, 2.75) is 71.6 Å². The van der Waals surface area contributed by atoms with E-state index in [4.69, 9.17) is 4.74 Å². The number of amides is 2. The van der Waals surface area contributed by atoms with Crippen molar-refractivity contribution >= 4 is 11.8 Å². The first-order valence-corrected chi connectivity index (χ1v) is 13.1.